The molecule has 8 aromatic carbocycles. The predicted molar refractivity (Wildman–Crippen MR) is 415 cm³/mol. The first-order valence-corrected chi connectivity index (χ1v) is 52.5. The largest absolute Gasteiger partial charge is 0.508 e. The van der Waals surface area contributed by atoms with Crippen LogP contribution < -0.4 is 5.79 Å². The Kier molecular flexibility index (Phi) is 25.3. The summed E-state index contributed by atoms with van der Waals surface area (Å²) in [6.07, 6.45) is 15.9. The molecule has 12 rings (SSSR count). The van der Waals surface area contributed by atoms with E-state index in [1.54, 1.807) is 43.3 Å². The van der Waals surface area contributed by atoms with Crippen LogP contribution in [-0.4, -0.2) is 87.4 Å². The second-order valence-electron chi connectivity index (χ2n) is 26.4. The van der Waals surface area contributed by atoms with E-state index >= 15 is 0 Å². The predicted octanol–water partition coefficient (Wildman–Crippen LogP) is 21.3. The van der Waals surface area contributed by atoms with E-state index in [0.717, 1.165) is 65.6 Å². The van der Waals surface area contributed by atoms with Gasteiger partial charge in [-0.1, -0.05) is 115 Å². The number of tetrazole rings is 2. The molecule has 0 unspecified atom stereocenters. The van der Waals surface area contributed by atoms with Crippen LogP contribution in [0.2, 0.25) is 26.6 Å². The molecule has 14 heteroatoms. The second-order valence-corrected chi connectivity index (χ2v) is 56.7. The average Bonchev–Trinajstić information content (AvgIpc) is 1.32. The Morgan fingerprint density at radius 3 is 1.02 bits per heavy atom. The van der Waals surface area contributed by atoms with Crippen LogP contribution in [0.15, 0.2) is 243 Å². The van der Waals surface area contributed by atoms with E-state index < -0.39 is 47.8 Å². The van der Waals surface area contributed by atoms with Crippen molar-refractivity contribution in [1.29, 1.82) is 0 Å². The van der Waals surface area contributed by atoms with Gasteiger partial charge in [0.15, 0.2) is 5.54 Å². The minimum Gasteiger partial charge on any atom is -0.508 e. The number of hydrogen-bond acceptors (Lipinski definition) is 10. The number of rotatable bonds is 32. The van der Waals surface area contributed by atoms with Crippen LogP contribution in [-0.2, 0) is 11.1 Å². The molecule has 0 radical (unpaired) electrons. The van der Waals surface area contributed by atoms with Crippen molar-refractivity contribution in [2.75, 3.05) is 0 Å². The molecule has 0 bridgehead atoms. The molecule has 12 aromatic rings. The summed E-state index contributed by atoms with van der Waals surface area (Å²) in [5.74, 6) is 1.67. The summed E-state index contributed by atoms with van der Waals surface area (Å²) >= 11 is -1.85. The summed E-state index contributed by atoms with van der Waals surface area (Å²) in [7, 11) is 0. The van der Waals surface area contributed by atoms with Crippen LogP contribution in [0.25, 0.3) is 43.7 Å². The molecule has 4 aromatic heterocycles. The van der Waals surface area contributed by atoms with Crippen molar-refractivity contribution in [1.82, 2.24) is 40.4 Å². The fraction of sp³-hybridized carbons (Fsp3) is 0.310. The number of nitrogens with zero attached hydrogens (tertiary/aromatic N) is 8. The Labute approximate surface area is 598 Å². The topological polar surface area (TPSA) is 128 Å². The van der Waals surface area contributed by atoms with Crippen LogP contribution in [0.1, 0.15) is 152 Å². The number of unbranched alkanes of at least 4 members (excludes halogenated alkanes) is 6. The van der Waals surface area contributed by atoms with E-state index in [1.165, 1.54) is 109 Å². The van der Waals surface area contributed by atoms with Gasteiger partial charge in [0.2, 0.25) is 5.82 Å². The fourth-order valence-electron chi connectivity index (χ4n) is 14.7. The van der Waals surface area contributed by atoms with Gasteiger partial charge in [0, 0.05) is 15.3 Å². The quantitative estimate of drug-likeness (QED) is 0.0315. The third-order valence-electron chi connectivity index (χ3n) is 19.8. The van der Waals surface area contributed by atoms with Crippen molar-refractivity contribution in [3.8, 4) is 55.2 Å². The zero-order valence-corrected chi connectivity index (χ0v) is 65.5. The molecule has 0 saturated heterocycles. The summed E-state index contributed by atoms with van der Waals surface area (Å²) in [5.41, 5.74) is 8.61. The summed E-state index contributed by atoms with van der Waals surface area (Å²) in [4.78, 5) is 5.51. The van der Waals surface area contributed by atoms with Gasteiger partial charge in [-0.05, 0) is 63.4 Å². The molecular formula is C84H96N8O2S2Sn2. The molecule has 0 saturated carbocycles. The Balaban J connectivity index is 0.000000204. The maximum Gasteiger partial charge on any atom is 0.206 e. The van der Waals surface area contributed by atoms with E-state index in [1.807, 2.05) is 92.6 Å². The van der Waals surface area contributed by atoms with Crippen molar-refractivity contribution < 1.29 is 10.2 Å². The molecule has 0 aliphatic rings. The van der Waals surface area contributed by atoms with Gasteiger partial charge in [-0.2, -0.15) is 0 Å². The number of thiophene rings is 2. The smallest absolute Gasteiger partial charge is 0.206 e. The van der Waals surface area contributed by atoms with Crippen LogP contribution >= 0.6 is 22.7 Å². The molecule has 0 aliphatic carbocycles. The standard InChI is InChI=1S/C36H26N4O2S.C24H16N4S.6C4H9.2Sn/c41-30-20-10-12-25(22-30)33-24-32(34(43-33)26-13-11-21-31(42)23-26)35-37-39-40(38-35)36(27-14-4-1-5-15-27,28-16-6-2-7-17-28)29-18-8-3-9-19-29;1-4-10-20(11-5-1)24(21-12-6-2-7-13-21,22-14-8-3-9-15-22)28-26-23(25-27-28)19-16-17-29-18-19;6*1-3-4-2;;/h1-24,41-42H;1-16H;6*1,3-4H2,2H3;;. The van der Waals surface area contributed by atoms with Crippen molar-refractivity contribution in [2.45, 2.75) is 156 Å². The van der Waals surface area contributed by atoms with Gasteiger partial charge in [0.05, 0.1) is 0 Å². The van der Waals surface area contributed by atoms with Gasteiger partial charge in [0.25, 0.3) is 0 Å². The molecule has 98 heavy (non-hydrogen) atoms. The minimum absolute atomic E-state index is 0.170. The zero-order valence-electron chi connectivity index (χ0n) is 58.1. The summed E-state index contributed by atoms with van der Waals surface area (Å²) in [6, 6.07) is 82.3. The summed E-state index contributed by atoms with van der Waals surface area (Å²) in [5, 5.41) is 50.9. The van der Waals surface area contributed by atoms with E-state index in [0.29, 0.717) is 5.82 Å². The number of hydrogen-bond donors (Lipinski definition) is 2. The molecule has 10 nitrogen and oxygen atoms in total. The Hall–Kier alpha value is -7.50. The SMILES string of the molecule is CCC[CH2][Sn]([CH2]CCC)([CH2]CCC)[c]1cc(-c2nnn(C(c3ccccc3)(c3ccccc3)c3ccccc3)n2)[c]([Sn]([CH2]CCC)([CH2]CCC)[CH2]CCC)s1.Oc1cccc(-c2cc(-c3nnn(C(c4ccccc4)(c4ccccc4)c4ccccc4)n3)c(-c3cccc(O)c3)s2)c1. The third-order valence-corrected chi connectivity index (χ3v) is 58.7. The monoisotopic (exact) mass is 1550 g/mol. The molecule has 4 heterocycles. The van der Waals surface area contributed by atoms with Gasteiger partial charge < -0.3 is 10.2 Å². The number of aromatic hydroxyl groups is 2. The van der Waals surface area contributed by atoms with Crippen LogP contribution in [0.5, 0.6) is 11.5 Å². The first-order chi connectivity index (χ1) is 48.1. The van der Waals surface area contributed by atoms with Crippen LogP contribution in [0.3, 0.4) is 0 Å². The van der Waals surface area contributed by atoms with Crippen LogP contribution in [0.4, 0.5) is 0 Å². The molecule has 2 N–H and O–H groups in total. The summed E-state index contributed by atoms with van der Waals surface area (Å²) in [6.45, 7) is 14.4. The maximum atomic E-state index is 10.3. The molecule has 0 amide bonds. The minimum atomic E-state index is -2.95. The van der Waals surface area contributed by atoms with Gasteiger partial charge >= 0.3 is 350 Å². The Morgan fingerprint density at radius 1 is 0.347 bits per heavy atom. The molecule has 0 fully saturated rings. The van der Waals surface area contributed by atoms with Gasteiger partial charge in [-0.15, -0.1) is 26.3 Å². The number of aromatic nitrogens is 8. The van der Waals surface area contributed by atoms with E-state index in [4.69, 9.17) is 25.7 Å². The van der Waals surface area contributed by atoms with Gasteiger partial charge in [0.1, 0.15) is 11.5 Å². The maximum absolute atomic E-state index is 10.3. The molecule has 0 aliphatic heterocycles. The van der Waals surface area contributed by atoms with Crippen molar-refractivity contribution in [3.63, 3.8) is 0 Å². The Bertz CT molecular complexity index is 4130. The Morgan fingerprint density at radius 2 is 0.673 bits per heavy atom. The van der Waals surface area contributed by atoms with Gasteiger partial charge in [-0.25, -0.2) is 0 Å². The number of benzene rings is 8. The average molecular weight is 1550 g/mol. The van der Waals surface area contributed by atoms with Crippen molar-refractivity contribution >= 4 is 65.2 Å². The van der Waals surface area contributed by atoms with E-state index in [-0.39, 0.29) is 11.5 Å². The molecule has 0 atom stereocenters. The van der Waals surface area contributed by atoms with Crippen molar-refractivity contribution in [2.24, 2.45) is 0 Å². The molecule has 504 valence electrons. The normalized spacial score (nSPS) is 12.0. The summed E-state index contributed by atoms with van der Waals surface area (Å²) < 4.78 is 12.5. The third kappa shape index (κ3) is 15.6. The number of phenols is 2. The molecular weight excluding hydrogens is 1450 g/mol. The first kappa shape index (κ1) is 71.8. The second kappa shape index (κ2) is 34.5. The molecule has 0 spiro atoms. The van der Waals surface area contributed by atoms with Gasteiger partial charge in [-0.3, -0.25) is 0 Å². The van der Waals surface area contributed by atoms with E-state index in [9.17, 15) is 10.2 Å². The first-order valence-electron chi connectivity index (χ1n) is 35.9. The zero-order chi connectivity index (χ0) is 68.2. The van der Waals surface area contributed by atoms with E-state index in [2.05, 4.69) is 191 Å². The van der Waals surface area contributed by atoms with Crippen LogP contribution in [0, 0.1) is 0 Å². The number of phenolic OH excluding ortho intramolecular Hbond substituents is 2. The van der Waals surface area contributed by atoms with Crippen molar-refractivity contribution in [3.05, 3.63) is 276 Å². The fourth-order valence-corrected chi connectivity index (χ4v) is 58.5.